The van der Waals surface area contributed by atoms with E-state index >= 15 is 0 Å². The first-order valence-electron chi connectivity index (χ1n) is 10.1. The molecule has 1 amide bonds. The molecule has 2 heterocycles. The highest BCUT2D eigenvalue weighted by Crippen LogP contribution is 2.40. The van der Waals surface area contributed by atoms with Crippen LogP contribution in [0.3, 0.4) is 0 Å². The summed E-state index contributed by atoms with van der Waals surface area (Å²) >= 11 is 9.62. The second kappa shape index (κ2) is 9.86. The summed E-state index contributed by atoms with van der Waals surface area (Å²) in [5.41, 5.74) is -1.26. The Morgan fingerprint density at radius 3 is 2.17 bits per heavy atom. The van der Waals surface area contributed by atoms with Crippen LogP contribution >= 0.6 is 27.5 Å². The summed E-state index contributed by atoms with van der Waals surface area (Å²) in [7, 11) is 4.22. The predicted octanol–water partition coefficient (Wildman–Crippen LogP) is 6.11. The van der Waals surface area contributed by atoms with E-state index in [4.69, 9.17) is 25.8 Å². The van der Waals surface area contributed by atoms with Crippen LogP contribution in [0.4, 0.5) is 18.9 Å². The maximum atomic E-state index is 13.9. The molecule has 0 radical (unpaired) electrons. The largest absolute Gasteiger partial charge is 0.493 e. The minimum atomic E-state index is -4.80. The molecule has 0 saturated carbocycles. The first kappa shape index (κ1) is 25.6. The van der Waals surface area contributed by atoms with Gasteiger partial charge in [0.1, 0.15) is 5.02 Å². The lowest BCUT2D eigenvalue weighted by molar-refractivity contribution is -0.142. The molecule has 0 atom stereocenters. The van der Waals surface area contributed by atoms with E-state index in [1.54, 1.807) is 24.3 Å². The van der Waals surface area contributed by atoms with Gasteiger partial charge >= 0.3 is 6.18 Å². The summed E-state index contributed by atoms with van der Waals surface area (Å²) in [5.74, 6) is -0.0526. The third kappa shape index (κ3) is 4.78. The number of hydrogen-bond donors (Lipinski definition) is 1. The molecular formula is C23H17BrClF3N4O4. The fourth-order valence-corrected chi connectivity index (χ4v) is 3.96. The van der Waals surface area contributed by atoms with Crippen molar-refractivity contribution in [2.45, 2.75) is 6.18 Å². The molecule has 0 spiro atoms. The van der Waals surface area contributed by atoms with Crippen LogP contribution in [0.2, 0.25) is 5.02 Å². The first-order valence-corrected chi connectivity index (χ1v) is 11.3. The molecule has 0 aliphatic rings. The first-order chi connectivity index (χ1) is 17.1. The smallest absolute Gasteiger partial charge is 0.433 e. The van der Waals surface area contributed by atoms with Gasteiger partial charge in [0.25, 0.3) is 5.91 Å². The maximum absolute atomic E-state index is 13.9. The van der Waals surface area contributed by atoms with Gasteiger partial charge in [-0.2, -0.15) is 18.3 Å². The Hall–Kier alpha value is -3.51. The van der Waals surface area contributed by atoms with Crippen LogP contribution in [0.1, 0.15) is 16.2 Å². The Labute approximate surface area is 216 Å². The van der Waals surface area contributed by atoms with Gasteiger partial charge in [-0.1, -0.05) is 39.7 Å². The number of carbonyl (C=O) groups excluding carboxylic acids is 1. The van der Waals surface area contributed by atoms with Gasteiger partial charge in [-0.05, 0) is 18.2 Å². The average Bonchev–Trinajstić information content (AvgIpc) is 3.19. The Morgan fingerprint density at radius 2 is 1.64 bits per heavy atom. The average molecular weight is 586 g/mol. The predicted molar refractivity (Wildman–Crippen MR) is 130 cm³/mol. The number of amides is 1. The van der Waals surface area contributed by atoms with Crippen LogP contribution in [-0.4, -0.2) is 41.8 Å². The van der Waals surface area contributed by atoms with Gasteiger partial charge in [-0.25, -0.2) is 9.50 Å². The molecular weight excluding hydrogens is 569 g/mol. The van der Waals surface area contributed by atoms with Crippen molar-refractivity contribution in [1.29, 1.82) is 0 Å². The third-order valence-corrected chi connectivity index (χ3v) is 5.98. The number of methoxy groups -OCH3 is 3. The van der Waals surface area contributed by atoms with E-state index in [-0.39, 0.29) is 33.6 Å². The van der Waals surface area contributed by atoms with Crippen LogP contribution in [0.25, 0.3) is 16.9 Å². The van der Waals surface area contributed by atoms with E-state index < -0.39 is 23.5 Å². The van der Waals surface area contributed by atoms with Gasteiger partial charge in [-0.15, -0.1) is 0 Å². The molecule has 0 unspecified atom stereocenters. The number of rotatable bonds is 6. The fourth-order valence-electron chi connectivity index (χ4n) is 3.45. The maximum Gasteiger partial charge on any atom is 0.433 e. The molecule has 0 aliphatic heterocycles. The zero-order valence-corrected chi connectivity index (χ0v) is 21.2. The molecule has 2 aromatic heterocycles. The van der Waals surface area contributed by atoms with Gasteiger partial charge in [-0.3, -0.25) is 4.79 Å². The standard InChI is InChI=1S/C23H17BrClF3N4O4/c1-34-15-8-13(9-16(35-2)20(15)36-3)29-22(33)19-18(25)21-30-14(11-4-6-12(24)7-5-11)10-17(23(26,27)28)32(21)31-19/h4-10H,1-3H3,(H,29,33). The summed E-state index contributed by atoms with van der Waals surface area (Å²) in [6, 6.07) is 10.3. The normalized spacial score (nSPS) is 11.4. The number of ether oxygens (including phenoxy) is 3. The summed E-state index contributed by atoms with van der Waals surface area (Å²) < 4.78 is 58.8. The zero-order chi connectivity index (χ0) is 26.2. The molecule has 4 rings (SSSR count). The number of nitrogens with one attached hydrogen (secondary N) is 1. The summed E-state index contributed by atoms with van der Waals surface area (Å²) in [5, 5.41) is 6.04. The second-order valence-corrected chi connectivity index (χ2v) is 8.59. The molecule has 1 N–H and O–H groups in total. The molecule has 13 heteroatoms. The Kier molecular flexibility index (Phi) is 7.01. The number of aromatic nitrogens is 3. The van der Waals surface area contributed by atoms with Crippen molar-refractivity contribution in [1.82, 2.24) is 14.6 Å². The van der Waals surface area contributed by atoms with E-state index in [2.05, 4.69) is 31.3 Å². The minimum Gasteiger partial charge on any atom is -0.493 e. The number of carbonyl (C=O) groups is 1. The molecule has 0 saturated heterocycles. The van der Waals surface area contributed by atoms with E-state index in [1.807, 2.05) is 0 Å². The van der Waals surface area contributed by atoms with Gasteiger partial charge in [0.2, 0.25) is 5.75 Å². The fraction of sp³-hybridized carbons (Fsp3) is 0.174. The van der Waals surface area contributed by atoms with Crippen LogP contribution in [-0.2, 0) is 6.18 Å². The molecule has 2 aromatic carbocycles. The quantitative estimate of drug-likeness (QED) is 0.294. The van der Waals surface area contributed by atoms with E-state index in [0.717, 1.165) is 10.5 Å². The van der Waals surface area contributed by atoms with Crippen LogP contribution in [0.15, 0.2) is 46.9 Å². The monoisotopic (exact) mass is 584 g/mol. The van der Waals surface area contributed by atoms with E-state index in [1.165, 1.54) is 33.5 Å². The van der Waals surface area contributed by atoms with Crippen molar-refractivity contribution >= 4 is 44.8 Å². The lowest BCUT2D eigenvalue weighted by atomic mass is 10.1. The van der Waals surface area contributed by atoms with E-state index in [0.29, 0.717) is 15.8 Å². The van der Waals surface area contributed by atoms with Crippen LogP contribution < -0.4 is 19.5 Å². The van der Waals surface area contributed by atoms with Crippen molar-refractivity contribution in [2.75, 3.05) is 26.6 Å². The number of nitrogens with zero attached hydrogens (tertiary/aromatic N) is 3. The summed E-state index contributed by atoms with van der Waals surface area (Å²) in [4.78, 5) is 17.3. The molecule has 0 fully saturated rings. The van der Waals surface area contributed by atoms with Crippen LogP contribution in [0, 0.1) is 0 Å². The Bertz CT molecular complexity index is 1430. The van der Waals surface area contributed by atoms with Crippen molar-refractivity contribution in [3.63, 3.8) is 0 Å². The molecule has 188 valence electrons. The molecule has 8 nitrogen and oxygen atoms in total. The van der Waals surface area contributed by atoms with Crippen molar-refractivity contribution in [3.05, 3.63) is 63.3 Å². The Balaban J connectivity index is 1.81. The molecule has 4 aromatic rings. The highest BCUT2D eigenvalue weighted by atomic mass is 79.9. The lowest BCUT2D eigenvalue weighted by Gasteiger charge is -2.14. The number of hydrogen-bond acceptors (Lipinski definition) is 6. The summed E-state index contributed by atoms with van der Waals surface area (Å²) in [6.45, 7) is 0. The van der Waals surface area contributed by atoms with Crippen molar-refractivity contribution < 1.29 is 32.2 Å². The van der Waals surface area contributed by atoms with Crippen molar-refractivity contribution in [3.8, 4) is 28.5 Å². The Morgan fingerprint density at radius 1 is 1.03 bits per heavy atom. The second-order valence-electron chi connectivity index (χ2n) is 7.30. The number of fused-ring (bicyclic) bond motifs is 1. The topological polar surface area (TPSA) is 87.0 Å². The molecule has 36 heavy (non-hydrogen) atoms. The molecule has 0 bridgehead atoms. The van der Waals surface area contributed by atoms with Gasteiger partial charge < -0.3 is 19.5 Å². The zero-order valence-electron chi connectivity index (χ0n) is 18.9. The number of benzene rings is 2. The molecule has 0 aliphatic carbocycles. The number of alkyl halides is 3. The highest BCUT2D eigenvalue weighted by Gasteiger charge is 2.36. The third-order valence-electron chi connectivity index (χ3n) is 5.10. The SMILES string of the molecule is COc1cc(NC(=O)c2nn3c(C(F)(F)F)cc(-c4ccc(Br)cc4)nc3c2Cl)cc(OC)c1OC. The highest BCUT2D eigenvalue weighted by molar-refractivity contribution is 9.10. The van der Waals surface area contributed by atoms with Gasteiger partial charge in [0.05, 0.1) is 27.0 Å². The van der Waals surface area contributed by atoms with E-state index in [9.17, 15) is 18.0 Å². The minimum absolute atomic E-state index is 0.0145. The lowest BCUT2D eigenvalue weighted by Crippen LogP contribution is -2.16. The van der Waals surface area contributed by atoms with Gasteiger partial charge in [0, 0.05) is 27.9 Å². The number of halogens is 5. The van der Waals surface area contributed by atoms with Crippen molar-refractivity contribution in [2.24, 2.45) is 0 Å². The number of anilines is 1. The van der Waals surface area contributed by atoms with Gasteiger partial charge in [0.15, 0.2) is 28.5 Å². The van der Waals surface area contributed by atoms with Crippen LogP contribution in [0.5, 0.6) is 17.2 Å². The summed E-state index contributed by atoms with van der Waals surface area (Å²) in [6.07, 6.45) is -4.80.